The van der Waals surface area contributed by atoms with Crippen molar-refractivity contribution in [2.75, 3.05) is 12.4 Å². The molecule has 0 bridgehead atoms. The number of nitrogens with one attached hydrogen (secondary N) is 1. The summed E-state index contributed by atoms with van der Waals surface area (Å²) in [7, 11) is 1.26. The number of hydrogen-bond acceptors (Lipinski definition) is 5. The second kappa shape index (κ2) is 8.69. The summed E-state index contributed by atoms with van der Waals surface area (Å²) < 4.78 is 60.9. The first kappa shape index (κ1) is 21.9. The number of nitrogens with zero attached hydrogens (tertiary/aromatic N) is 4. The molecule has 4 aromatic rings. The van der Waals surface area contributed by atoms with Crippen molar-refractivity contribution in [1.29, 1.82) is 0 Å². The third-order valence-corrected chi connectivity index (χ3v) is 4.67. The van der Waals surface area contributed by atoms with Crippen molar-refractivity contribution in [3.8, 4) is 22.7 Å². The number of anilines is 1. The lowest BCUT2D eigenvalue weighted by molar-refractivity contribution is -0.137. The zero-order valence-electron chi connectivity index (χ0n) is 17.0. The van der Waals surface area contributed by atoms with E-state index in [1.165, 1.54) is 31.6 Å². The third kappa shape index (κ3) is 4.38. The van der Waals surface area contributed by atoms with Gasteiger partial charge in [0.05, 0.1) is 37.0 Å². The molecule has 0 radical (unpaired) electrons. The van der Waals surface area contributed by atoms with Gasteiger partial charge in [0, 0.05) is 5.56 Å². The predicted octanol–water partition coefficient (Wildman–Crippen LogP) is 4.75. The van der Waals surface area contributed by atoms with Crippen LogP contribution in [0.5, 0.6) is 5.75 Å². The highest BCUT2D eigenvalue weighted by Crippen LogP contribution is 2.36. The van der Waals surface area contributed by atoms with Crippen molar-refractivity contribution in [1.82, 2.24) is 20.0 Å². The minimum Gasteiger partial charge on any atom is -0.493 e. The topological polar surface area (TPSA) is 81.9 Å². The van der Waals surface area contributed by atoms with E-state index in [0.29, 0.717) is 22.0 Å². The van der Waals surface area contributed by atoms with Crippen molar-refractivity contribution in [2.24, 2.45) is 0 Å². The number of aromatic nitrogens is 4. The van der Waals surface area contributed by atoms with Gasteiger partial charge < -0.3 is 10.1 Å². The lowest BCUT2D eigenvalue weighted by Gasteiger charge is -2.15. The van der Waals surface area contributed by atoms with Crippen LogP contribution in [0.15, 0.2) is 67.1 Å². The Kier molecular flexibility index (Phi) is 5.78. The number of rotatable bonds is 5. The Balaban J connectivity index is 1.67. The molecule has 1 N–H and O–H groups in total. The minimum absolute atomic E-state index is 0.164. The van der Waals surface area contributed by atoms with E-state index in [9.17, 15) is 18.0 Å². The van der Waals surface area contributed by atoms with Crippen molar-refractivity contribution < 1.29 is 27.1 Å². The molecule has 4 rings (SSSR count). The lowest BCUT2D eigenvalue weighted by Crippen LogP contribution is -2.18. The number of carbonyl (C=O) groups is 1. The summed E-state index contributed by atoms with van der Waals surface area (Å²) in [5.41, 5.74) is -0.771. The van der Waals surface area contributed by atoms with Gasteiger partial charge in [0.2, 0.25) is 0 Å². The van der Waals surface area contributed by atoms with E-state index in [1.807, 2.05) is 0 Å². The van der Waals surface area contributed by atoms with Crippen LogP contribution >= 0.6 is 0 Å². The van der Waals surface area contributed by atoms with Gasteiger partial charge >= 0.3 is 6.18 Å². The maximum Gasteiger partial charge on any atom is 0.420 e. The van der Waals surface area contributed by atoms with Gasteiger partial charge in [-0.05, 0) is 23.8 Å². The van der Waals surface area contributed by atoms with Crippen LogP contribution in [0.2, 0.25) is 0 Å². The van der Waals surface area contributed by atoms with Gasteiger partial charge in [-0.15, -0.1) is 4.80 Å². The molecule has 33 heavy (non-hydrogen) atoms. The van der Waals surface area contributed by atoms with E-state index >= 15 is 4.39 Å². The summed E-state index contributed by atoms with van der Waals surface area (Å²) in [5, 5.41) is 9.56. The monoisotopic (exact) mass is 457 g/mol. The summed E-state index contributed by atoms with van der Waals surface area (Å²) >= 11 is 0. The molecular formula is C22H15F4N5O2. The van der Waals surface area contributed by atoms with Crippen LogP contribution in [0.3, 0.4) is 0 Å². The molecule has 0 fully saturated rings. The van der Waals surface area contributed by atoms with Crippen LogP contribution in [-0.2, 0) is 6.18 Å². The molecule has 0 atom stereocenters. The molecule has 0 aliphatic carbocycles. The smallest absolute Gasteiger partial charge is 0.420 e. The van der Waals surface area contributed by atoms with Gasteiger partial charge in [0.25, 0.3) is 5.91 Å². The maximum absolute atomic E-state index is 15.1. The van der Waals surface area contributed by atoms with Gasteiger partial charge in [-0.3, -0.25) is 4.79 Å². The van der Waals surface area contributed by atoms with E-state index in [2.05, 4.69) is 20.5 Å². The molecule has 0 aliphatic rings. The van der Waals surface area contributed by atoms with Gasteiger partial charge in [-0.25, -0.2) is 9.37 Å². The van der Waals surface area contributed by atoms with Gasteiger partial charge in [0.15, 0.2) is 17.4 Å². The largest absolute Gasteiger partial charge is 0.493 e. The molecule has 2 aromatic heterocycles. The zero-order valence-corrected chi connectivity index (χ0v) is 17.0. The Labute approximate surface area is 184 Å². The number of carbonyl (C=O) groups excluding carboxylic acids is 1. The molecule has 11 heteroatoms. The third-order valence-electron chi connectivity index (χ3n) is 4.67. The second-order valence-corrected chi connectivity index (χ2v) is 6.74. The highest BCUT2D eigenvalue weighted by Gasteiger charge is 2.36. The maximum atomic E-state index is 15.1. The van der Waals surface area contributed by atoms with Crippen LogP contribution in [0.1, 0.15) is 15.9 Å². The number of benzene rings is 2. The minimum atomic E-state index is -4.80. The Morgan fingerprint density at radius 3 is 2.39 bits per heavy atom. The summed E-state index contributed by atoms with van der Waals surface area (Å²) in [5.74, 6) is -2.64. The van der Waals surface area contributed by atoms with Gasteiger partial charge in [-0.2, -0.15) is 23.4 Å². The van der Waals surface area contributed by atoms with Crippen molar-refractivity contribution in [3.05, 3.63) is 84.1 Å². The molecule has 2 heterocycles. The van der Waals surface area contributed by atoms with Crippen molar-refractivity contribution in [2.45, 2.75) is 6.18 Å². The van der Waals surface area contributed by atoms with E-state index in [-0.39, 0.29) is 11.4 Å². The number of ether oxygens (including phenoxy) is 1. The standard InChI is InChI=1S/C22H15F4N5O2/c1-33-19-15(13-5-3-2-4-6-13)7-8-16(18(19)23)21(32)30-14-11-17(22(24,25)26)20(27-12-14)31-28-9-10-29-31/h2-12H,1H3,(H,30,32). The van der Waals surface area contributed by atoms with E-state index in [1.54, 1.807) is 30.3 Å². The number of hydrogen-bond donors (Lipinski definition) is 1. The fourth-order valence-electron chi connectivity index (χ4n) is 3.19. The van der Waals surface area contributed by atoms with Crippen molar-refractivity contribution in [3.63, 3.8) is 0 Å². The average molecular weight is 457 g/mol. The summed E-state index contributed by atoms with van der Waals surface area (Å²) in [4.78, 5) is 17.1. The number of halogens is 4. The predicted molar refractivity (Wildman–Crippen MR) is 110 cm³/mol. The highest BCUT2D eigenvalue weighted by atomic mass is 19.4. The number of pyridine rings is 1. The van der Waals surface area contributed by atoms with Crippen LogP contribution in [-0.4, -0.2) is 33.0 Å². The lowest BCUT2D eigenvalue weighted by atomic mass is 10.0. The van der Waals surface area contributed by atoms with Crippen LogP contribution in [0, 0.1) is 5.82 Å². The zero-order chi connectivity index (χ0) is 23.6. The van der Waals surface area contributed by atoms with Crippen LogP contribution in [0.25, 0.3) is 16.9 Å². The molecule has 0 spiro atoms. The fraction of sp³-hybridized carbons (Fsp3) is 0.0909. The molecule has 0 saturated heterocycles. The molecule has 1 amide bonds. The first-order valence-electron chi connectivity index (χ1n) is 9.46. The first-order valence-corrected chi connectivity index (χ1v) is 9.46. The highest BCUT2D eigenvalue weighted by molar-refractivity contribution is 6.05. The van der Waals surface area contributed by atoms with Crippen molar-refractivity contribution >= 4 is 11.6 Å². The Bertz CT molecular complexity index is 1290. The molecule has 2 aromatic carbocycles. The number of methoxy groups -OCH3 is 1. The summed E-state index contributed by atoms with van der Waals surface area (Å²) in [6, 6.07) is 12.2. The van der Waals surface area contributed by atoms with Crippen LogP contribution < -0.4 is 10.1 Å². The molecular weight excluding hydrogens is 442 g/mol. The second-order valence-electron chi connectivity index (χ2n) is 6.74. The molecule has 0 unspecified atom stereocenters. The fourth-order valence-corrected chi connectivity index (χ4v) is 3.19. The molecule has 7 nitrogen and oxygen atoms in total. The van der Waals surface area contributed by atoms with Crippen LogP contribution in [0.4, 0.5) is 23.2 Å². The quantitative estimate of drug-likeness (QED) is 0.438. The average Bonchev–Trinajstić information content (AvgIpc) is 3.33. The SMILES string of the molecule is COc1c(-c2ccccc2)ccc(C(=O)Nc2cnc(-n3nccn3)c(C(F)(F)F)c2)c1F. The Morgan fingerprint density at radius 1 is 1.06 bits per heavy atom. The Hall–Kier alpha value is -4.28. The normalized spacial score (nSPS) is 11.3. The number of amides is 1. The van der Waals surface area contributed by atoms with Gasteiger partial charge in [0.1, 0.15) is 5.56 Å². The van der Waals surface area contributed by atoms with E-state index in [4.69, 9.17) is 4.74 Å². The summed E-state index contributed by atoms with van der Waals surface area (Å²) in [6.45, 7) is 0. The van der Waals surface area contributed by atoms with E-state index < -0.39 is 34.8 Å². The first-order chi connectivity index (χ1) is 15.8. The molecule has 0 aliphatic heterocycles. The molecule has 168 valence electrons. The van der Waals surface area contributed by atoms with Gasteiger partial charge in [-0.1, -0.05) is 30.3 Å². The molecule has 0 saturated carbocycles. The van der Waals surface area contributed by atoms with E-state index in [0.717, 1.165) is 6.20 Å². The Morgan fingerprint density at radius 2 is 1.76 bits per heavy atom. The number of alkyl halides is 3. The summed E-state index contributed by atoms with van der Waals surface area (Å²) in [6.07, 6.45) is -1.40.